The van der Waals surface area contributed by atoms with Gasteiger partial charge in [0.25, 0.3) is 0 Å². The Hall–Kier alpha value is -3.22. The number of benzene rings is 1. The van der Waals surface area contributed by atoms with Crippen LogP contribution in [0.15, 0.2) is 55.1 Å². The van der Waals surface area contributed by atoms with E-state index in [9.17, 15) is 4.79 Å². The molecule has 0 radical (unpaired) electrons. The van der Waals surface area contributed by atoms with Crippen molar-refractivity contribution in [3.05, 3.63) is 55.1 Å². The second kappa shape index (κ2) is 7.99. The lowest BCUT2D eigenvalue weighted by molar-refractivity contribution is -0.117. The van der Waals surface area contributed by atoms with E-state index in [1.54, 1.807) is 35.3 Å². The minimum Gasteiger partial charge on any atom is -0.439 e. The average molecular weight is 363 g/mol. The average Bonchev–Trinajstić information content (AvgIpc) is 3.37. The van der Waals surface area contributed by atoms with Crippen molar-refractivity contribution in [2.45, 2.75) is 32.1 Å². The van der Waals surface area contributed by atoms with Crippen molar-refractivity contribution in [1.82, 2.24) is 19.7 Å². The normalized spacial score (nSPS) is 14.2. The Morgan fingerprint density at radius 2 is 2.00 bits per heavy atom. The first-order chi connectivity index (χ1) is 13.3. The van der Waals surface area contributed by atoms with Crippen molar-refractivity contribution in [2.24, 2.45) is 5.92 Å². The van der Waals surface area contributed by atoms with Gasteiger partial charge < -0.3 is 10.1 Å². The molecule has 1 aliphatic rings. The van der Waals surface area contributed by atoms with Gasteiger partial charge in [0.15, 0.2) is 5.82 Å². The lowest BCUT2D eigenvalue weighted by atomic mass is 10.0. The first-order valence-electron chi connectivity index (χ1n) is 9.16. The Balaban J connectivity index is 1.36. The minimum atomic E-state index is 0.0789. The van der Waals surface area contributed by atoms with Crippen LogP contribution in [-0.4, -0.2) is 25.7 Å². The lowest BCUT2D eigenvalue weighted by Crippen LogP contribution is -2.14. The molecule has 0 aliphatic heterocycles. The summed E-state index contributed by atoms with van der Waals surface area (Å²) in [5.41, 5.74) is 0.769. The molecular weight excluding hydrogens is 342 g/mol. The van der Waals surface area contributed by atoms with Gasteiger partial charge in [0, 0.05) is 30.6 Å². The Morgan fingerprint density at radius 3 is 2.74 bits per heavy atom. The number of nitrogens with one attached hydrogen (secondary N) is 1. The summed E-state index contributed by atoms with van der Waals surface area (Å²) in [7, 11) is 0. The topological polar surface area (TPSA) is 81.9 Å². The number of rotatable bonds is 6. The van der Waals surface area contributed by atoms with Crippen molar-refractivity contribution >= 4 is 11.6 Å². The number of anilines is 1. The van der Waals surface area contributed by atoms with Gasteiger partial charge in [-0.05, 0) is 49.1 Å². The van der Waals surface area contributed by atoms with E-state index in [1.807, 2.05) is 18.2 Å². The standard InChI is InChI=1S/C20H21N5O2/c26-19(12-15-4-1-2-5-15)24-16-6-8-17(9-7-16)27-20-13-18(21-14-22-20)25-11-3-10-23-25/h3,6-11,13-15H,1-2,4-5,12H2,(H,24,26). The SMILES string of the molecule is O=C(CC1CCCC1)Nc1ccc(Oc2cc(-n3cccn3)ncn2)cc1. The van der Waals surface area contributed by atoms with Gasteiger partial charge in [-0.3, -0.25) is 4.79 Å². The molecule has 0 bridgehead atoms. The van der Waals surface area contributed by atoms with E-state index in [4.69, 9.17) is 4.74 Å². The van der Waals surface area contributed by atoms with E-state index in [0.29, 0.717) is 29.8 Å². The molecule has 1 saturated carbocycles. The number of carbonyl (C=O) groups is 1. The fourth-order valence-electron chi connectivity index (χ4n) is 3.33. The summed E-state index contributed by atoms with van der Waals surface area (Å²) in [6, 6.07) is 10.8. The molecule has 4 rings (SSSR count). The molecule has 7 nitrogen and oxygen atoms in total. The predicted molar refractivity (Wildman–Crippen MR) is 101 cm³/mol. The van der Waals surface area contributed by atoms with Crippen LogP contribution in [0.2, 0.25) is 0 Å². The lowest BCUT2D eigenvalue weighted by Gasteiger charge is -2.10. The Labute approximate surface area is 157 Å². The molecule has 0 atom stereocenters. The molecule has 138 valence electrons. The molecule has 27 heavy (non-hydrogen) atoms. The first kappa shape index (κ1) is 17.2. The van der Waals surface area contributed by atoms with Gasteiger partial charge in [-0.1, -0.05) is 12.8 Å². The molecule has 1 fully saturated rings. The van der Waals surface area contributed by atoms with Crippen LogP contribution >= 0.6 is 0 Å². The first-order valence-corrected chi connectivity index (χ1v) is 9.16. The number of aromatic nitrogens is 4. The van der Waals surface area contributed by atoms with Crippen molar-refractivity contribution < 1.29 is 9.53 Å². The van der Waals surface area contributed by atoms with Crippen LogP contribution in [0.1, 0.15) is 32.1 Å². The van der Waals surface area contributed by atoms with E-state index < -0.39 is 0 Å². The Morgan fingerprint density at radius 1 is 1.19 bits per heavy atom. The van der Waals surface area contributed by atoms with E-state index in [0.717, 1.165) is 5.69 Å². The van der Waals surface area contributed by atoms with Gasteiger partial charge >= 0.3 is 0 Å². The molecule has 3 aromatic rings. The summed E-state index contributed by atoms with van der Waals surface area (Å²) in [5, 5.41) is 7.10. The summed E-state index contributed by atoms with van der Waals surface area (Å²) in [6.45, 7) is 0. The Kier molecular flexibility index (Phi) is 5.09. The fourth-order valence-corrected chi connectivity index (χ4v) is 3.33. The van der Waals surface area contributed by atoms with Gasteiger partial charge in [0.2, 0.25) is 11.8 Å². The maximum absolute atomic E-state index is 12.1. The van der Waals surface area contributed by atoms with Crippen LogP contribution in [-0.2, 0) is 4.79 Å². The molecule has 2 aromatic heterocycles. The van der Waals surface area contributed by atoms with Crippen molar-refractivity contribution in [3.8, 4) is 17.4 Å². The van der Waals surface area contributed by atoms with Gasteiger partial charge in [0.05, 0.1) is 0 Å². The second-order valence-electron chi connectivity index (χ2n) is 6.69. The maximum Gasteiger partial charge on any atom is 0.224 e. The highest BCUT2D eigenvalue weighted by atomic mass is 16.5. The monoisotopic (exact) mass is 363 g/mol. The highest BCUT2D eigenvalue weighted by Gasteiger charge is 2.18. The number of nitrogens with zero attached hydrogens (tertiary/aromatic N) is 4. The van der Waals surface area contributed by atoms with Gasteiger partial charge in [-0.15, -0.1) is 0 Å². The zero-order valence-electron chi connectivity index (χ0n) is 14.9. The van der Waals surface area contributed by atoms with Gasteiger partial charge in [-0.2, -0.15) is 5.10 Å². The predicted octanol–water partition coefficient (Wildman–Crippen LogP) is 3.97. The fraction of sp³-hybridized carbons (Fsp3) is 0.300. The third-order valence-corrected chi connectivity index (χ3v) is 4.68. The molecule has 1 aromatic carbocycles. The molecule has 2 heterocycles. The van der Waals surface area contributed by atoms with Crippen LogP contribution in [0.25, 0.3) is 5.82 Å². The van der Waals surface area contributed by atoms with Crippen molar-refractivity contribution in [2.75, 3.05) is 5.32 Å². The van der Waals surface area contributed by atoms with E-state index in [-0.39, 0.29) is 5.91 Å². The Bertz CT molecular complexity index is 887. The van der Waals surface area contributed by atoms with Crippen LogP contribution in [0.4, 0.5) is 5.69 Å². The largest absolute Gasteiger partial charge is 0.439 e. The quantitative estimate of drug-likeness (QED) is 0.716. The highest BCUT2D eigenvalue weighted by Crippen LogP contribution is 2.28. The van der Waals surface area contributed by atoms with Crippen LogP contribution in [0, 0.1) is 5.92 Å². The summed E-state index contributed by atoms with van der Waals surface area (Å²) in [4.78, 5) is 20.4. The molecule has 0 unspecified atom stereocenters. The zero-order valence-corrected chi connectivity index (χ0v) is 14.9. The minimum absolute atomic E-state index is 0.0789. The van der Waals surface area contributed by atoms with E-state index in [1.165, 1.54) is 32.0 Å². The molecule has 1 N–H and O–H groups in total. The summed E-state index contributed by atoms with van der Waals surface area (Å²) in [5.74, 6) is 2.30. The second-order valence-corrected chi connectivity index (χ2v) is 6.69. The number of hydrogen-bond donors (Lipinski definition) is 1. The third-order valence-electron chi connectivity index (χ3n) is 4.68. The van der Waals surface area contributed by atoms with E-state index >= 15 is 0 Å². The van der Waals surface area contributed by atoms with Crippen LogP contribution in [0.5, 0.6) is 11.6 Å². The summed E-state index contributed by atoms with van der Waals surface area (Å²) < 4.78 is 7.42. The number of hydrogen-bond acceptors (Lipinski definition) is 5. The van der Waals surface area contributed by atoms with E-state index in [2.05, 4.69) is 20.4 Å². The summed E-state index contributed by atoms with van der Waals surface area (Å²) >= 11 is 0. The van der Waals surface area contributed by atoms with Crippen LogP contribution in [0.3, 0.4) is 0 Å². The zero-order chi connectivity index (χ0) is 18.5. The van der Waals surface area contributed by atoms with Crippen molar-refractivity contribution in [3.63, 3.8) is 0 Å². The molecule has 7 heteroatoms. The third kappa shape index (κ3) is 4.49. The molecule has 1 aliphatic carbocycles. The smallest absolute Gasteiger partial charge is 0.224 e. The van der Waals surface area contributed by atoms with Crippen LogP contribution < -0.4 is 10.1 Å². The number of amides is 1. The maximum atomic E-state index is 12.1. The van der Waals surface area contributed by atoms with Gasteiger partial charge in [-0.25, -0.2) is 14.6 Å². The molecule has 0 saturated heterocycles. The highest BCUT2D eigenvalue weighted by molar-refractivity contribution is 5.90. The molecule has 0 spiro atoms. The van der Waals surface area contributed by atoms with Gasteiger partial charge in [0.1, 0.15) is 12.1 Å². The van der Waals surface area contributed by atoms with Crippen molar-refractivity contribution in [1.29, 1.82) is 0 Å². The molecule has 1 amide bonds. The summed E-state index contributed by atoms with van der Waals surface area (Å²) in [6.07, 6.45) is 10.3. The number of carbonyl (C=O) groups excluding carboxylic acids is 1. The number of ether oxygens (including phenoxy) is 1. The molecular formula is C20H21N5O2.